The standard InChI is InChI=1S/C17H19NOS/c1-11-7-12(2)17(15(18)8-11)19-10-14-9-13-5-3-4-6-16(13)20-14/h3-8,14H,9-10,18H2,1-2H3. The van der Waals surface area contributed by atoms with Gasteiger partial charge in [0, 0.05) is 10.1 Å². The molecule has 1 atom stereocenters. The van der Waals surface area contributed by atoms with Crippen molar-refractivity contribution in [2.75, 3.05) is 12.3 Å². The first-order chi connectivity index (χ1) is 9.63. The quantitative estimate of drug-likeness (QED) is 0.866. The number of nitrogens with two attached hydrogens (primary N) is 1. The average molecular weight is 285 g/mol. The van der Waals surface area contributed by atoms with Crippen LogP contribution in [0, 0.1) is 13.8 Å². The summed E-state index contributed by atoms with van der Waals surface area (Å²) >= 11 is 1.90. The Labute approximate surface area is 124 Å². The van der Waals surface area contributed by atoms with Gasteiger partial charge in [-0.15, -0.1) is 11.8 Å². The molecule has 0 aromatic heterocycles. The molecule has 1 unspecified atom stereocenters. The summed E-state index contributed by atoms with van der Waals surface area (Å²) in [6.07, 6.45) is 1.08. The second kappa shape index (κ2) is 5.41. The molecule has 0 spiro atoms. The topological polar surface area (TPSA) is 35.2 Å². The largest absolute Gasteiger partial charge is 0.490 e. The molecule has 3 rings (SSSR count). The molecule has 0 saturated carbocycles. The molecule has 2 aromatic carbocycles. The lowest BCUT2D eigenvalue weighted by Gasteiger charge is -2.15. The van der Waals surface area contributed by atoms with Gasteiger partial charge in [0.05, 0.1) is 5.69 Å². The Morgan fingerprint density at radius 2 is 2.05 bits per heavy atom. The van der Waals surface area contributed by atoms with Crippen molar-refractivity contribution in [3.63, 3.8) is 0 Å². The maximum absolute atomic E-state index is 6.06. The monoisotopic (exact) mass is 285 g/mol. The number of hydrogen-bond donors (Lipinski definition) is 1. The fourth-order valence-electron chi connectivity index (χ4n) is 2.71. The van der Waals surface area contributed by atoms with Crippen LogP contribution in [0.1, 0.15) is 16.7 Å². The van der Waals surface area contributed by atoms with Crippen LogP contribution < -0.4 is 10.5 Å². The fourth-order valence-corrected chi connectivity index (χ4v) is 3.93. The summed E-state index contributed by atoms with van der Waals surface area (Å²) in [6, 6.07) is 12.7. The molecule has 20 heavy (non-hydrogen) atoms. The van der Waals surface area contributed by atoms with Gasteiger partial charge in [-0.3, -0.25) is 0 Å². The summed E-state index contributed by atoms with van der Waals surface area (Å²) in [4.78, 5) is 1.38. The highest BCUT2D eigenvalue weighted by molar-refractivity contribution is 8.00. The van der Waals surface area contributed by atoms with Crippen LogP contribution in [-0.4, -0.2) is 11.9 Å². The van der Waals surface area contributed by atoms with Gasteiger partial charge in [0.25, 0.3) is 0 Å². The highest BCUT2D eigenvalue weighted by atomic mass is 32.2. The lowest BCUT2D eigenvalue weighted by Crippen LogP contribution is -2.14. The van der Waals surface area contributed by atoms with Gasteiger partial charge in [-0.25, -0.2) is 0 Å². The van der Waals surface area contributed by atoms with Gasteiger partial charge < -0.3 is 10.5 Å². The van der Waals surface area contributed by atoms with E-state index in [0.29, 0.717) is 11.9 Å². The van der Waals surface area contributed by atoms with Gasteiger partial charge in [0.2, 0.25) is 0 Å². The first kappa shape index (κ1) is 13.4. The number of ether oxygens (including phenoxy) is 1. The van der Waals surface area contributed by atoms with E-state index in [1.54, 1.807) is 0 Å². The summed E-state index contributed by atoms with van der Waals surface area (Å²) in [5.41, 5.74) is 10.5. The van der Waals surface area contributed by atoms with E-state index in [1.807, 2.05) is 17.8 Å². The molecule has 0 fully saturated rings. The zero-order valence-corrected chi connectivity index (χ0v) is 12.7. The molecular formula is C17H19NOS. The summed E-state index contributed by atoms with van der Waals surface area (Å²) in [6.45, 7) is 4.80. The third-order valence-corrected chi connectivity index (χ3v) is 4.86. The highest BCUT2D eigenvalue weighted by Crippen LogP contribution is 2.37. The third-order valence-electron chi connectivity index (χ3n) is 3.58. The molecule has 0 bridgehead atoms. The first-order valence-corrected chi connectivity index (χ1v) is 7.75. The third kappa shape index (κ3) is 2.63. The summed E-state index contributed by atoms with van der Waals surface area (Å²) in [5, 5.41) is 0.479. The van der Waals surface area contributed by atoms with E-state index in [9.17, 15) is 0 Å². The van der Waals surface area contributed by atoms with Gasteiger partial charge >= 0.3 is 0 Å². The van der Waals surface area contributed by atoms with Crippen molar-refractivity contribution in [2.24, 2.45) is 0 Å². The summed E-state index contributed by atoms with van der Waals surface area (Å²) in [7, 11) is 0. The van der Waals surface area contributed by atoms with Crippen LogP contribution in [0.3, 0.4) is 0 Å². The molecule has 0 aliphatic carbocycles. The van der Waals surface area contributed by atoms with E-state index in [2.05, 4.69) is 44.2 Å². The first-order valence-electron chi connectivity index (χ1n) is 6.87. The van der Waals surface area contributed by atoms with Crippen molar-refractivity contribution >= 4 is 17.4 Å². The minimum atomic E-state index is 0.479. The maximum Gasteiger partial charge on any atom is 0.145 e. The van der Waals surface area contributed by atoms with Gasteiger partial charge in [0.15, 0.2) is 0 Å². The Kier molecular flexibility index (Phi) is 3.62. The Morgan fingerprint density at radius 3 is 2.80 bits per heavy atom. The molecule has 3 heteroatoms. The highest BCUT2D eigenvalue weighted by Gasteiger charge is 2.22. The van der Waals surface area contributed by atoms with Crippen LogP contribution in [0.25, 0.3) is 0 Å². The zero-order valence-electron chi connectivity index (χ0n) is 11.8. The average Bonchev–Trinajstić information content (AvgIpc) is 2.80. The molecule has 104 valence electrons. The molecule has 1 aliphatic rings. The van der Waals surface area contributed by atoms with Crippen molar-refractivity contribution < 1.29 is 4.74 Å². The minimum Gasteiger partial charge on any atom is -0.490 e. The molecule has 2 N–H and O–H groups in total. The number of fused-ring (bicyclic) bond motifs is 1. The van der Waals surface area contributed by atoms with Crippen LogP contribution in [0.5, 0.6) is 5.75 Å². The van der Waals surface area contributed by atoms with Crippen LogP contribution in [-0.2, 0) is 6.42 Å². The number of hydrogen-bond acceptors (Lipinski definition) is 3. The molecule has 2 aromatic rings. The van der Waals surface area contributed by atoms with Crippen molar-refractivity contribution in [2.45, 2.75) is 30.4 Å². The number of aryl methyl sites for hydroxylation is 2. The van der Waals surface area contributed by atoms with E-state index in [0.717, 1.165) is 23.4 Å². The van der Waals surface area contributed by atoms with Gasteiger partial charge in [-0.1, -0.05) is 24.3 Å². The second-order valence-electron chi connectivity index (χ2n) is 5.36. The van der Waals surface area contributed by atoms with Crippen LogP contribution in [0.4, 0.5) is 5.69 Å². The van der Waals surface area contributed by atoms with Crippen LogP contribution in [0.15, 0.2) is 41.3 Å². The Balaban J connectivity index is 1.67. The van der Waals surface area contributed by atoms with Crippen molar-refractivity contribution in [3.05, 3.63) is 53.1 Å². The molecule has 0 saturated heterocycles. The number of benzene rings is 2. The SMILES string of the molecule is Cc1cc(C)c(OCC2Cc3ccccc3S2)c(N)c1. The van der Waals surface area contributed by atoms with Gasteiger partial charge in [-0.05, 0) is 49.1 Å². The van der Waals surface area contributed by atoms with Crippen molar-refractivity contribution in [3.8, 4) is 5.75 Å². The smallest absolute Gasteiger partial charge is 0.145 e. The van der Waals surface area contributed by atoms with Crippen LogP contribution in [0.2, 0.25) is 0 Å². The lowest BCUT2D eigenvalue weighted by atomic mass is 10.1. The normalized spacial score (nSPS) is 17.0. The predicted molar refractivity (Wildman–Crippen MR) is 85.6 cm³/mol. The summed E-state index contributed by atoms with van der Waals surface area (Å²) < 4.78 is 5.99. The molecule has 1 heterocycles. The number of nitrogen functional groups attached to an aromatic ring is 1. The summed E-state index contributed by atoms with van der Waals surface area (Å²) in [5.74, 6) is 0.840. The number of anilines is 1. The van der Waals surface area contributed by atoms with E-state index < -0.39 is 0 Å². The molecule has 1 aliphatic heterocycles. The molecule has 2 nitrogen and oxygen atoms in total. The van der Waals surface area contributed by atoms with E-state index in [4.69, 9.17) is 10.5 Å². The van der Waals surface area contributed by atoms with Crippen molar-refractivity contribution in [1.29, 1.82) is 0 Å². The van der Waals surface area contributed by atoms with Gasteiger partial charge in [0.1, 0.15) is 12.4 Å². The van der Waals surface area contributed by atoms with Gasteiger partial charge in [-0.2, -0.15) is 0 Å². The molecule has 0 amide bonds. The Morgan fingerprint density at radius 1 is 1.25 bits per heavy atom. The number of thioether (sulfide) groups is 1. The Bertz CT molecular complexity index is 591. The van der Waals surface area contributed by atoms with E-state index >= 15 is 0 Å². The molecular weight excluding hydrogens is 266 g/mol. The van der Waals surface area contributed by atoms with Crippen LogP contribution >= 0.6 is 11.8 Å². The Hall–Kier alpha value is -1.61. The zero-order chi connectivity index (χ0) is 14.1. The minimum absolute atomic E-state index is 0.479. The lowest BCUT2D eigenvalue weighted by molar-refractivity contribution is 0.317. The fraction of sp³-hybridized carbons (Fsp3) is 0.294. The van der Waals surface area contributed by atoms with Crippen molar-refractivity contribution in [1.82, 2.24) is 0 Å². The maximum atomic E-state index is 6.06. The van der Waals surface area contributed by atoms with E-state index in [1.165, 1.54) is 16.0 Å². The number of rotatable bonds is 3. The van der Waals surface area contributed by atoms with E-state index in [-0.39, 0.29) is 0 Å². The molecule has 0 radical (unpaired) electrons. The second-order valence-corrected chi connectivity index (χ2v) is 6.71. The predicted octanol–water partition coefficient (Wildman–Crippen LogP) is 3.98.